The van der Waals surface area contributed by atoms with Crippen LogP contribution in [0.4, 0.5) is 5.00 Å². The molecule has 2 unspecified atom stereocenters. The fourth-order valence-corrected chi connectivity index (χ4v) is 5.45. The molecule has 1 aromatic carbocycles. The lowest BCUT2D eigenvalue weighted by molar-refractivity contribution is -0.125. The summed E-state index contributed by atoms with van der Waals surface area (Å²) in [4.78, 5) is 40.0. The van der Waals surface area contributed by atoms with Crippen molar-refractivity contribution >= 4 is 34.2 Å². The van der Waals surface area contributed by atoms with Gasteiger partial charge in [0, 0.05) is 10.4 Å². The maximum absolute atomic E-state index is 13.4. The number of hydrogen-bond donors (Lipinski definition) is 1. The van der Waals surface area contributed by atoms with Crippen molar-refractivity contribution in [1.29, 1.82) is 0 Å². The zero-order valence-corrected chi connectivity index (χ0v) is 20.2. The fourth-order valence-electron chi connectivity index (χ4n) is 4.05. The molecule has 3 aromatic rings. The first-order valence-corrected chi connectivity index (χ1v) is 12.1. The molecule has 0 bridgehead atoms. The third kappa shape index (κ3) is 5.07. The molecule has 4 rings (SSSR count). The lowest BCUT2D eigenvalue weighted by Crippen LogP contribution is -2.26. The standard InChI is InChI=1S/C26H27NO6S/c1-4-31-26(30)21-18-12-10-15(2)14-20(18)34-24(21)27-23(28)22(17-8-6-5-7-9-17)33-25(29)19-13-11-16(3)32-19/h5-9,11,13,15,22H,4,10,12,14H2,1-3H3,(H,27,28). The maximum Gasteiger partial charge on any atom is 0.375 e. The molecule has 1 aliphatic rings. The van der Waals surface area contributed by atoms with Crippen molar-refractivity contribution in [3.63, 3.8) is 0 Å². The average molecular weight is 482 g/mol. The van der Waals surface area contributed by atoms with Gasteiger partial charge in [0.2, 0.25) is 11.9 Å². The van der Waals surface area contributed by atoms with Crippen molar-refractivity contribution in [3.8, 4) is 0 Å². The Morgan fingerprint density at radius 3 is 2.59 bits per heavy atom. The van der Waals surface area contributed by atoms with Crippen molar-refractivity contribution in [2.24, 2.45) is 5.92 Å². The van der Waals surface area contributed by atoms with Crippen LogP contribution < -0.4 is 5.32 Å². The molecule has 2 atom stereocenters. The van der Waals surface area contributed by atoms with Crippen molar-refractivity contribution in [3.05, 3.63) is 75.6 Å². The Morgan fingerprint density at radius 2 is 1.91 bits per heavy atom. The van der Waals surface area contributed by atoms with E-state index in [1.807, 2.05) is 6.07 Å². The third-order valence-electron chi connectivity index (χ3n) is 5.73. The smallest absolute Gasteiger partial charge is 0.375 e. The van der Waals surface area contributed by atoms with Gasteiger partial charge < -0.3 is 19.2 Å². The summed E-state index contributed by atoms with van der Waals surface area (Å²) >= 11 is 1.39. The highest BCUT2D eigenvalue weighted by Crippen LogP contribution is 2.40. The Hall–Kier alpha value is -3.39. The van der Waals surface area contributed by atoms with Gasteiger partial charge in [-0.3, -0.25) is 4.79 Å². The Labute approximate surface area is 202 Å². The van der Waals surface area contributed by atoms with Crippen molar-refractivity contribution in [2.45, 2.75) is 46.1 Å². The molecule has 8 heteroatoms. The summed E-state index contributed by atoms with van der Waals surface area (Å²) < 4.78 is 16.2. The summed E-state index contributed by atoms with van der Waals surface area (Å²) in [5.74, 6) is -0.685. The van der Waals surface area contributed by atoms with E-state index >= 15 is 0 Å². The van der Waals surface area contributed by atoms with E-state index in [2.05, 4.69) is 12.2 Å². The van der Waals surface area contributed by atoms with E-state index < -0.39 is 23.9 Å². The minimum atomic E-state index is -1.23. The average Bonchev–Trinajstić information content (AvgIpc) is 3.40. The van der Waals surface area contributed by atoms with Gasteiger partial charge in [0.25, 0.3) is 5.91 Å². The molecular formula is C26H27NO6S. The summed E-state index contributed by atoms with van der Waals surface area (Å²) in [7, 11) is 0. The minimum absolute atomic E-state index is 0.0130. The number of esters is 2. The van der Waals surface area contributed by atoms with Gasteiger partial charge in [-0.15, -0.1) is 11.3 Å². The number of hydrogen-bond acceptors (Lipinski definition) is 7. The van der Waals surface area contributed by atoms with E-state index in [0.29, 0.717) is 27.8 Å². The number of aryl methyl sites for hydroxylation is 1. The maximum atomic E-state index is 13.4. The molecule has 0 saturated heterocycles. The molecule has 2 heterocycles. The van der Waals surface area contributed by atoms with Crippen LogP contribution in [0, 0.1) is 12.8 Å². The molecule has 2 aromatic heterocycles. The van der Waals surface area contributed by atoms with E-state index in [0.717, 1.165) is 29.7 Å². The van der Waals surface area contributed by atoms with Gasteiger partial charge in [0.05, 0.1) is 12.2 Å². The van der Waals surface area contributed by atoms with Crippen molar-refractivity contribution in [2.75, 3.05) is 11.9 Å². The first-order valence-electron chi connectivity index (χ1n) is 11.3. The van der Waals surface area contributed by atoms with Crippen LogP contribution in [0.15, 0.2) is 46.9 Å². The second-order valence-electron chi connectivity index (χ2n) is 8.37. The van der Waals surface area contributed by atoms with Gasteiger partial charge in [0.1, 0.15) is 10.8 Å². The van der Waals surface area contributed by atoms with E-state index in [1.54, 1.807) is 44.2 Å². The fraction of sp³-hybridized carbons (Fsp3) is 0.346. The number of carbonyl (C=O) groups is 3. The van der Waals surface area contributed by atoms with Crippen LogP contribution in [0.1, 0.15) is 69.0 Å². The first kappa shape index (κ1) is 23.8. The van der Waals surface area contributed by atoms with E-state index in [4.69, 9.17) is 13.9 Å². The summed E-state index contributed by atoms with van der Waals surface area (Å²) in [6.07, 6.45) is 1.34. The summed E-state index contributed by atoms with van der Waals surface area (Å²) in [5, 5.41) is 3.28. The Morgan fingerprint density at radius 1 is 1.15 bits per heavy atom. The second kappa shape index (κ2) is 10.3. The van der Waals surface area contributed by atoms with Crippen molar-refractivity contribution in [1.82, 2.24) is 0 Å². The predicted octanol–water partition coefficient (Wildman–Crippen LogP) is 5.49. The summed E-state index contributed by atoms with van der Waals surface area (Å²) in [5.41, 5.74) is 1.85. The third-order valence-corrected chi connectivity index (χ3v) is 6.90. The van der Waals surface area contributed by atoms with Crippen LogP contribution in [0.25, 0.3) is 0 Å². The molecule has 0 spiro atoms. The van der Waals surface area contributed by atoms with Gasteiger partial charge in [-0.05, 0) is 56.7 Å². The Balaban J connectivity index is 1.65. The number of carbonyl (C=O) groups excluding carboxylic acids is 3. The van der Waals surface area contributed by atoms with E-state index in [1.165, 1.54) is 17.4 Å². The molecule has 0 radical (unpaired) electrons. The number of anilines is 1. The monoisotopic (exact) mass is 481 g/mol. The molecule has 7 nitrogen and oxygen atoms in total. The lowest BCUT2D eigenvalue weighted by Gasteiger charge is -2.18. The van der Waals surface area contributed by atoms with Crippen molar-refractivity contribution < 1.29 is 28.3 Å². The summed E-state index contributed by atoms with van der Waals surface area (Å²) in [6, 6.07) is 11.9. The highest BCUT2D eigenvalue weighted by atomic mass is 32.1. The normalized spacial score (nSPS) is 15.8. The minimum Gasteiger partial charge on any atom is -0.462 e. The van der Waals surface area contributed by atoms with Gasteiger partial charge in [0.15, 0.2) is 0 Å². The van der Waals surface area contributed by atoms with Gasteiger partial charge in [-0.25, -0.2) is 9.59 Å². The highest BCUT2D eigenvalue weighted by molar-refractivity contribution is 7.17. The highest BCUT2D eigenvalue weighted by Gasteiger charge is 2.32. The van der Waals surface area contributed by atoms with E-state index in [-0.39, 0.29) is 12.4 Å². The number of benzene rings is 1. The van der Waals surface area contributed by atoms with Crippen LogP contribution in [0.2, 0.25) is 0 Å². The first-order chi connectivity index (χ1) is 16.4. The molecule has 178 valence electrons. The number of fused-ring (bicyclic) bond motifs is 1. The van der Waals surface area contributed by atoms with E-state index in [9.17, 15) is 14.4 Å². The molecule has 0 saturated carbocycles. The molecular weight excluding hydrogens is 454 g/mol. The number of amides is 1. The Kier molecular flexibility index (Phi) is 7.17. The SMILES string of the molecule is CCOC(=O)c1c(NC(=O)C(OC(=O)c2ccc(C)o2)c2ccccc2)sc2c1CCC(C)C2. The number of thiophene rings is 1. The molecule has 0 aliphatic heterocycles. The zero-order chi connectivity index (χ0) is 24.2. The topological polar surface area (TPSA) is 94.8 Å². The van der Waals surface area contributed by atoms with Crippen LogP contribution in [-0.2, 0) is 27.1 Å². The van der Waals surface area contributed by atoms with Gasteiger partial charge in [-0.1, -0.05) is 37.3 Å². The second-order valence-corrected chi connectivity index (χ2v) is 9.48. The quantitative estimate of drug-likeness (QED) is 0.449. The Bertz CT molecular complexity index is 1200. The van der Waals surface area contributed by atoms with Gasteiger partial charge in [-0.2, -0.15) is 0 Å². The van der Waals surface area contributed by atoms with Crippen LogP contribution in [-0.4, -0.2) is 24.5 Å². The number of furan rings is 1. The lowest BCUT2D eigenvalue weighted by atomic mass is 9.88. The molecule has 1 aliphatic carbocycles. The van der Waals surface area contributed by atoms with Crippen LogP contribution in [0.5, 0.6) is 0 Å². The molecule has 34 heavy (non-hydrogen) atoms. The predicted molar refractivity (Wildman–Crippen MR) is 128 cm³/mol. The molecule has 1 N–H and O–H groups in total. The van der Waals surface area contributed by atoms with Gasteiger partial charge >= 0.3 is 11.9 Å². The number of ether oxygens (including phenoxy) is 2. The largest absolute Gasteiger partial charge is 0.462 e. The number of nitrogens with one attached hydrogen (secondary N) is 1. The van der Waals surface area contributed by atoms with Crippen LogP contribution in [0.3, 0.4) is 0 Å². The molecule has 1 amide bonds. The summed E-state index contributed by atoms with van der Waals surface area (Å²) in [6.45, 7) is 5.87. The molecule has 0 fully saturated rings. The van der Waals surface area contributed by atoms with Crippen LogP contribution >= 0.6 is 11.3 Å². The number of rotatable bonds is 7. The zero-order valence-electron chi connectivity index (χ0n) is 19.4.